The van der Waals surface area contributed by atoms with E-state index in [1.165, 1.54) is 18.3 Å². The van der Waals surface area contributed by atoms with Crippen LogP contribution < -0.4 is 4.90 Å². The average Bonchev–Trinajstić information content (AvgIpc) is 3.48. The molecule has 0 atom stereocenters. The summed E-state index contributed by atoms with van der Waals surface area (Å²) >= 11 is 1.59. The molecule has 1 fully saturated rings. The number of hydrogen-bond donors (Lipinski definition) is 0. The monoisotopic (exact) mass is 435 g/mol. The molecule has 4 heterocycles. The van der Waals surface area contributed by atoms with Crippen LogP contribution in [-0.2, 0) is 0 Å². The summed E-state index contributed by atoms with van der Waals surface area (Å²) in [5, 5.41) is 18.1. The molecule has 1 aliphatic rings. The van der Waals surface area contributed by atoms with Gasteiger partial charge in [-0.3, -0.25) is 14.9 Å². The first-order valence-electron chi connectivity index (χ1n) is 9.62. The molecule has 0 aliphatic carbocycles. The van der Waals surface area contributed by atoms with E-state index in [0.29, 0.717) is 37.4 Å². The zero-order chi connectivity index (χ0) is 21.4. The maximum absolute atomic E-state index is 12.9. The van der Waals surface area contributed by atoms with Crippen LogP contribution in [0.15, 0.2) is 54.4 Å². The van der Waals surface area contributed by atoms with E-state index in [-0.39, 0.29) is 11.6 Å². The maximum Gasteiger partial charge on any atom is 0.269 e. The van der Waals surface area contributed by atoms with Gasteiger partial charge in [0.05, 0.1) is 27.8 Å². The molecule has 4 aromatic rings. The number of fused-ring (bicyclic) bond motifs is 1. The van der Waals surface area contributed by atoms with Crippen molar-refractivity contribution in [1.82, 2.24) is 24.6 Å². The van der Waals surface area contributed by atoms with Crippen molar-refractivity contribution in [2.24, 2.45) is 0 Å². The Morgan fingerprint density at radius 2 is 1.84 bits per heavy atom. The molecule has 11 heteroatoms. The fourth-order valence-corrected chi connectivity index (χ4v) is 4.36. The van der Waals surface area contributed by atoms with E-state index in [1.54, 1.807) is 45.6 Å². The van der Waals surface area contributed by atoms with Crippen molar-refractivity contribution in [2.75, 3.05) is 31.1 Å². The van der Waals surface area contributed by atoms with Gasteiger partial charge in [0, 0.05) is 44.5 Å². The summed E-state index contributed by atoms with van der Waals surface area (Å²) in [5.74, 6) is 0.820. The molecule has 10 nitrogen and oxygen atoms in total. The van der Waals surface area contributed by atoms with Gasteiger partial charge < -0.3 is 9.80 Å². The Bertz CT molecular complexity index is 1260. The minimum Gasteiger partial charge on any atom is -0.352 e. The molecule has 31 heavy (non-hydrogen) atoms. The van der Waals surface area contributed by atoms with Crippen LogP contribution in [0.4, 0.5) is 11.5 Å². The zero-order valence-corrected chi connectivity index (χ0v) is 17.1. The normalized spacial score (nSPS) is 14.2. The van der Waals surface area contributed by atoms with Gasteiger partial charge in [-0.25, -0.2) is 14.6 Å². The van der Waals surface area contributed by atoms with Crippen molar-refractivity contribution in [3.8, 4) is 5.69 Å². The molecule has 0 bridgehead atoms. The SMILES string of the molecule is O=C(c1cnn(-c2ccc([N+](=O)[O-])cc2)c1)N1CCN(c2ncnc3sccc23)CC1. The van der Waals surface area contributed by atoms with Gasteiger partial charge in [0.25, 0.3) is 11.6 Å². The summed E-state index contributed by atoms with van der Waals surface area (Å²) < 4.78 is 1.54. The van der Waals surface area contributed by atoms with Crippen molar-refractivity contribution < 1.29 is 9.72 Å². The molecule has 0 saturated carbocycles. The fraction of sp³-hybridized carbons (Fsp3) is 0.200. The molecule has 1 amide bonds. The summed E-state index contributed by atoms with van der Waals surface area (Å²) in [6.45, 7) is 2.53. The van der Waals surface area contributed by atoms with Crippen LogP contribution in [0.25, 0.3) is 15.9 Å². The summed E-state index contributed by atoms with van der Waals surface area (Å²) in [6, 6.07) is 8.06. The second-order valence-corrected chi connectivity index (χ2v) is 7.96. The smallest absolute Gasteiger partial charge is 0.269 e. The number of thiophene rings is 1. The lowest BCUT2D eigenvalue weighted by molar-refractivity contribution is -0.384. The number of rotatable bonds is 4. The number of hydrogen-bond acceptors (Lipinski definition) is 8. The van der Waals surface area contributed by atoms with Gasteiger partial charge in [0.15, 0.2) is 0 Å². The van der Waals surface area contributed by atoms with Crippen LogP contribution in [0.1, 0.15) is 10.4 Å². The van der Waals surface area contributed by atoms with Gasteiger partial charge in [-0.1, -0.05) is 0 Å². The number of non-ortho nitro benzene ring substituents is 1. The number of amides is 1. The number of piperazine rings is 1. The minimum absolute atomic E-state index is 0.00786. The van der Waals surface area contributed by atoms with E-state index in [4.69, 9.17) is 0 Å². The molecule has 156 valence electrons. The van der Waals surface area contributed by atoms with E-state index >= 15 is 0 Å². The highest BCUT2D eigenvalue weighted by atomic mass is 32.1. The van der Waals surface area contributed by atoms with Crippen LogP contribution in [0, 0.1) is 10.1 Å². The fourth-order valence-electron chi connectivity index (χ4n) is 3.63. The zero-order valence-electron chi connectivity index (χ0n) is 16.3. The summed E-state index contributed by atoms with van der Waals surface area (Å²) in [7, 11) is 0. The maximum atomic E-state index is 12.9. The summed E-state index contributed by atoms with van der Waals surface area (Å²) in [4.78, 5) is 37.0. The first-order chi connectivity index (χ1) is 15.1. The molecule has 3 aromatic heterocycles. The predicted molar refractivity (Wildman–Crippen MR) is 116 cm³/mol. The van der Waals surface area contributed by atoms with Gasteiger partial charge in [-0.05, 0) is 23.6 Å². The number of aromatic nitrogens is 4. The number of carbonyl (C=O) groups is 1. The molecule has 0 N–H and O–H groups in total. The second-order valence-electron chi connectivity index (χ2n) is 7.06. The van der Waals surface area contributed by atoms with Gasteiger partial charge in [-0.2, -0.15) is 5.10 Å². The summed E-state index contributed by atoms with van der Waals surface area (Å²) in [5.41, 5.74) is 1.14. The Balaban J connectivity index is 1.27. The highest BCUT2D eigenvalue weighted by Crippen LogP contribution is 2.27. The van der Waals surface area contributed by atoms with Crippen molar-refractivity contribution >= 4 is 39.0 Å². The molecule has 1 aromatic carbocycles. The number of benzene rings is 1. The predicted octanol–water partition coefficient (Wildman–Crippen LogP) is 2.75. The molecule has 0 spiro atoms. The molecule has 0 unspecified atom stereocenters. The summed E-state index contributed by atoms with van der Waals surface area (Å²) in [6.07, 6.45) is 4.75. The minimum atomic E-state index is -0.452. The second kappa shape index (κ2) is 7.76. The topological polar surface area (TPSA) is 110 Å². The molecule has 5 rings (SSSR count). The molecule has 1 aliphatic heterocycles. The highest BCUT2D eigenvalue weighted by molar-refractivity contribution is 7.16. The Hall–Kier alpha value is -3.86. The molecule has 0 radical (unpaired) electrons. The standard InChI is InChI=1S/C20H17N7O3S/c28-20(14-11-23-26(12-14)15-1-3-16(4-2-15)27(29)30)25-8-6-24(7-9-25)18-17-5-10-31-19(17)22-13-21-18/h1-5,10-13H,6-9H2. The lowest BCUT2D eigenvalue weighted by Gasteiger charge is -2.35. The highest BCUT2D eigenvalue weighted by Gasteiger charge is 2.25. The van der Waals surface area contributed by atoms with E-state index in [0.717, 1.165) is 16.0 Å². The van der Waals surface area contributed by atoms with E-state index in [1.807, 2.05) is 11.4 Å². The van der Waals surface area contributed by atoms with E-state index in [9.17, 15) is 14.9 Å². The lowest BCUT2D eigenvalue weighted by atomic mass is 10.2. The lowest BCUT2D eigenvalue weighted by Crippen LogP contribution is -2.49. The third-order valence-corrected chi connectivity index (χ3v) is 6.08. The number of anilines is 1. The van der Waals surface area contributed by atoms with Gasteiger partial charge >= 0.3 is 0 Å². The van der Waals surface area contributed by atoms with Gasteiger partial charge in [-0.15, -0.1) is 11.3 Å². The number of nitro benzene ring substituents is 1. The number of carbonyl (C=O) groups excluding carboxylic acids is 1. The quantitative estimate of drug-likeness (QED) is 0.358. The van der Waals surface area contributed by atoms with Crippen molar-refractivity contribution in [3.63, 3.8) is 0 Å². The Kier molecular flexibility index (Phi) is 4.79. The first-order valence-corrected chi connectivity index (χ1v) is 10.5. The van der Waals surface area contributed by atoms with Crippen LogP contribution in [0.2, 0.25) is 0 Å². The number of nitrogens with zero attached hydrogens (tertiary/aromatic N) is 7. The molecular weight excluding hydrogens is 418 g/mol. The molecular formula is C20H17N7O3S. The van der Waals surface area contributed by atoms with Crippen molar-refractivity contribution in [3.05, 3.63) is 70.1 Å². The van der Waals surface area contributed by atoms with E-state index < -0.39 is 4.92 Å². The Labute approximate surface area is 180 Å². The van der Waals surface area contributed by atoms with Crippen LogP contribution in [0.3, 0.4) is 0 Å². The third kappa shape index (κ3) is 3.59. The molecule has 1 saturated heterocycles. The van der Waals surface area contributed by atoms with Crippen molar-refractivity contribution in [1.29, 1.82) is 0 Å². The van der Waals surface area contributed by atoms with Gasteiger partial charge in [0.1, 0.15) is 17.0 Å². The van der Waals surface area contributed by atoms with E-state index in [2.05, 4.69) is 20.0 Å². The largest absolute Gasteiger partial charge is 0.352 e. The van der Waals surface area contributed by atoms with Crippen LogP contribution in [-0.4, -0.2) is 61.7 Å². The van der Waals surface area contributed by atoms with Crippen molar-refractivity contribution in [2.45, 2.75) is 0 Å². The Morgan fingerprint density at radius 1 is 1.06 bits per heavy atom. The van der Waals surface area contributed by atoms with Crippen LogP contribution in [0.5, 0.6) is 0 Å². The van der Waals surface area contributed by atoms with Crippen LogP contribution >= 0.6 is 11.3 Å². The van der Waals surface area contributed by atoms with Gasteiger partial charge in [0.2, 0.25) is 0 Å². The first kappa shape index (κ1) is 19.1. The third-order valence-electron chi connectivity index (χ3n) is 5.26. The average molecular weight is 435 g/mol. The Morgan fingerprint density at radius 3 is 2.58 bits per heavy atom. The number of nitro groups is 1.